The Labute approximate surface area is 149 Å². The molecule has 2 aromatic rings. The van der Waals surface area contributed by atoms with Crippen molar-refractivity contribution in [1.29, 1.82) is 0 Å². The van der Waals surface area contributed by atoms with E-state index in [2.05, 4.69) is 36.9 Å². The molecule has 1 heterocycles. The van der Waals surface area contributed by atoms with Gasteiger partial charge in [0.25, 0.3) is 5.91 Å². The summed E-state index contributed by atoms with van der Waals surface area (Å²) in [5.41, 5.74) is 4.87. The highest BCUT2D eigenvalue weighted by Crippen LogP contribution is 2.23. The first-order valence-electron chi connectivity index (χ1n) is 8.12. The monoisotopic (exact) mass is 338 g/mol. The smallest absolute Gasteiger partial charge is 0.255 e. The summed E-state index contributed by atoms with van der Waals surface area (Å²) in [5.74, 6) is -0.0275. The minimum atomic E-state index is -0.0275. The molecule has 1 aliphatic rings. The van der Waals surface area contributed by atoms with Crippen LogP contribution in [0.4, 0.5) is 5.69 Å². The summed E-state index contributed by atoms with van der Waals surface area (Å²) in [6, 6.07) is 11.5. The van der Waals surface area contributed by atoms with Gasteiger partial charge in [0.15, 0.2) is 0 Å². The van der Waals surface area contributed by atoms with Crippen LogP contribution in [-0.2, 0) is 0 Å². The van der Waals surface area contributed by atoms with Gasteiger partial charge < -0.3 is 9.80 Å². The lowest BCUT2D eigenvalue weighted by Crippen LogP contribution is -2.49. The molecule has 2 aromatic carbocycles. The zero-order valence-corrected chi connectivity index (χ0v) is 14.8. The van der Waals surface area contributed by atoms with E-state index in [0.29, 0.717) is 29.1 Å². The summed E-state index contributed by atoms with van der Waals surface area (Å²) < 4.78 is 0. The topological polar surface area (TPSA) is 23.6 Å². The number of hydrogen-bond acceptors (Lipinski definition) is 2. The third-order valence-electron chi connectivity index (χ3n) is 4.48. The molecule has 122 valence electrons. The largest absolute Gasteiger partial charge is 0.368 e. The van der Waals surface area contributed by atoms with Crippen LogP contribution in [0.1, 0.15) is 21.5 Å². The Bertz CT molecular complexity index is 770. The minimum absolute atomic E-state index is 0.0275. The van der Waals surface area contributed by atoms with Gasteiger partial charge in [0, 0.05) is 31.9 Å². The van der Waals surface area contributed by atoms with Crippen molar-refractivity contribution in [3.05, 3.63) is 58.1 Å². The summed E-state index contributed by atoms with van der Waals surface area (Å²) in [6.45, 7) is 7.25. The van der Waals surface area contributed by atoms with Gasteiger partial charge in [-0.2, -0.15) is 0 Å². The van der Waals surface area contributed by atoms with E-state index >= 15 is 0 Å². The van der Waals surface area contributed by atoms with Crippen LogP contribution in [0, 0.1) is 13.8 Å². The Hall–Kier alpha value is -1.94. The number of rotatable bonds is 2. The molecule has 0 spiro atoms. The van der Waals surface area contributed by atoms with Crippen molar-refractivity contribution < 1.29 is 4.79 Å². The van der Waals surface area contributed by atoms with Gasteiger partial charge in [0.05, 0.1) is 10.6 Å². The highest BCUT2D eigenvalue weighted by molar-refractivity contribution is 6.38. The standard InChI is InChI=1S/C19H20BClN2O/c1-13-3-6-18(14(2)11-13)22-7-9-23(10-8-22)19(24)16-5-4-15(20)12-17(16)21/h3-6,11-12H,7-10H2,1-2H3. The van der Waals surface area contributed by atoms with Crippen LogP contribution in [0.3, 0.4) is 0 Å². The molecule has 1 aliphatic heterocycles. The lowest BCUT2D eigenvalue weighted by Gasteiger charge is -2.37. The Balaban J connectivity index is 1.69. The van der Waals surface area contributed by atoms with Gasteiger partial charge >= 0.3 is 0 Å². The number of nitrogens with zero attached hydrogens (tertiary/aromatic N) is 2. The first-order chi connectivity index (χ1) is 11.5. The van der Waals surface area contributed by atoms with Gasteiger partial charge in [-0.25, -0.2) is 0 Å². The predicted octanol–water partition coefficient (Wildman–Crippen LogP) is 2.71. The van der Waals surface area contributed by atoms with Crippen molar-refractivity contribution in [2.75, 3.05) is 31.1 Å². The molecular formula is C19H20BClN2O. The molecule has 0 aromatic heterocycles. The van der Waals surface area contributed by atoms with E-state index in [0.717, 1.165) is 13.1 Å². The molecular weight excluding hydrogens is 318 g/mol. The van der Waals surface area contributed by atoms with E-state index in [1.165, 1.54) is 16.8 Å². The van der Waals surface area contributed by atoms with E-state index in [1.54, 1.807) is 18.2 Å². The third kappa shape index (κ3) is 3.44. The van der Waals surface area contributed by atoms with Crippen LogP contribution in [0.2, 0.25) is 5.02 Å². The zero-order chi connectivity index (χ0) is 17.3. The molecule has 0 N–H and O–H groups in total. The van der Waals surface area contributed by atoms with Crippen LogP contribution >= 0.6 is 11.6 Å². The molecule has 0 aliphatic carbocycles. The maximum absolute atomic E-state index is 12.7. The fourth-order valence-electron chi connectivity index (χ4n) is 3.19. The van der Waals surface area contributed by atoms with Crippen LogP contribution in [0.5, 0.6) is 0 Å². The van der Waals surface area contributed by atoms with Crippen LogP contribution < -0.4 is 10.4 Å². The average molecular weight is 339 g/mol. The Morgan fingerprint density at radius 3 is 2.38 bits per heavy atom. The zero-order valence-electron chi connectivity index (χ0n) is 14.1. The number of hydrogen-bond donors (Lipinski definition) is 0. The van der Waals surface area contributed by atoms with E-state index in [1.807, 2.05) is 4.90 Å². The molecule has 24 heavy (non-hydrogen) atoms. The number of amides is 1. The van der Waals surface area contributed by atoms with Crippen molar-refractivity contribution >= 4 is 36.5 Å². The molecule has 0 saturated carbocycles. The Morgan fingerprint density at radius 2 is 1.75 bits per heavy atom. The van der Waals surface area contributed by atoms with Gasteiger partial charge in [-0.15, -0.1) is 0 Å². The predicted molar refractivity (Wildman–Crippen MR) is 101 cm³/mol. The van der Waals surface area contributed by atoms with E-state index in [9.17, 15) is 4.79 Å². The van der Waals surface area contributed by atoms with E-state index in [4.69, 9.17) is 19.4 Å². The second-order valence-corrected chi connectivity index (χ2v) is 6.72. The molecule has 0 atom stereocenters. The van der Waals surface area contributed by atoms with Crippen LogP contribution in [0.15, 0.2) is 36.4 Å². The van der Waals surface area contributed by atoms with Crippen LogP contribution in [0.25, 0.3) is 0 Å². The molecule has 0 bridgehead atoms. The molecule has 2 radical (unpaired) electrons. The lowest BCUT2D eigenvalue weighted by molar-refractivity contribution is 0.0747. The highest BCUT2D eigenvalue weighted by atomic mass is 35.5. The molecule has 3 nitrogen and oxygen atoms in total. The van der Waals surface area contributed by atoms with Gasteiger partial charge in [-0.1, -0.05) is 40.8 Å². The maximum atomic E-state index is 12.7. The lowest BCUT2D eigenvalue weighted by atomic mass is 9.95. The van der Waals surface area contributed by atoms with Crippen molar-refractivity contribution in [2.45, 2.75) is 13.8 Å². The Kier molecular flexibility index (Phi) is 4.86. The summed E-state index contributed by atoms with van der Waals surface area (Å²) in [7, 11) is 5.70. The quantitative estimate of drug-likeness (QED) is 0.786. The maximum Gasteiger partial charge on any atom is 0.255 e. The van der Waals surface area contributed by atoms with Crippen molar-refractivity contribution in [2.24, 2.45) is 0 Å². The summed E-state index contributed by atoms with van der Waals surface area (Å²) in [5, 5.41) is 0.414. The number of halogens is 1. The number of carbonyl (C=O) groups is 1. The number of anilines is 1. The van der Waals surface area contributed by atoms with Crippen molar-refractivity contribution in [1.82, 2.24) is 4.90 Å². The fourth-order valence-corrected chi connectivity index (χ4v) is 3.46. The number of aryl methyl sites for hydroxylation is 2. The summed E-state index contributed by atoms with van der Waals surface area (Å²) in [4.78, 5) is 16.9. The second kappa shape index (κ2) is 6.90. The van der Waals surface area contributed by atoms with E-state index < -0.39 is 0 Å². The normalized spacial score (nSPS) is 14.8. The second-order valence-electron chi connectivity index (χ2n) is 6.31. The number of piperazine rings is 1. The van der Waals surface area contributed by atoms with Gasteiger partial charge in [0.1, 0.15) is 7.85 Å². The van der Waals surface area contributed by atoms with Crippen molar-refractivity contribution in [3.63, 3.8) is 0 Å². The average Bonchev–Trinajstić information content (AvgIpc) is 2.54. The summed E-state index contributed by atoms with van der Waals surface area (Å²) >= 11 is 6.17. The highest BCUT2D eigenvalue weighted by Gasteiger charge is 2.24. The van der Waals surface area contributed by atoms with Gasteiger partial charge in [-0.3, -0.25) is 4.79 Å². The molecule has 3 rings (SSSR count). The minimum Gasteiger partial charge on any atom is -0.368 e. The number of benzene rings is 2. The molecule has 1 saturated heterocycles. The molecule has 0 unspecified atom stereocenters. The first-order valence-corrected chi connectivity index (χ1v) is 8.50. The van der Waals surface area contributed by atoms with Crippen molar-refractivity contribution in [3.8, 4) is 0 Å². The molecule has 1 fully saturated rings. The SMILES string of the molecule is [B]c1ccc(C(=O)N2CCN(c3ccc(C)cc3C)CC2)c(Cl)c1. The third-order valence-corrected chi connectivity index (χ3v) is 4.80. The Morgan fingerprint density at radius 1 is 1.04 bits per heavy atom. The summed E-state index contributed by atoms with van der Waals surface area (Å²) in [6.07, 6.45) is 0. The molecule has 1 amide bonds. The van der Waals surface area contributed by atoms with E-state index in [-0.39, 0.29) is 5.91 Å². The molecule has 5 heteroatoms. The van der Waals surface area contributed by atoms with Crippen LogP contribution in [-0.4, -0.2) is 44.8 Å². The first kappa shape index (κ1) is 16.9. The van der Waals surface area contributed by atoms with Gasteiger partial charge in [-0.05, 0) is 37.6 Å². The fraction of sp³-hybridized carbons (Fsp3) is 0.316. The van der Waals surface area contributed by atoms with Gasteiger partial charge in [0.2, 0.25) is 0 Å². The number of carbonyl (C=O) groups excluding carboxylic acids is 1.